The van der Waals surface area contributed by atoms with Crippen LogP contribution >= 0.6 is 0 Å². The Morgan fingerprint density at radius 1 is 1.25 bits per heavy atom. The van der Waals surface area contributed by atoms with Gasteiger partial charge in [-0.05, 0) is 36.2 Å². The number of para-hydroxylation sites is 1. The van der Waals surface area contributed by atoms with E-state index in [1.807, 2.05) is 18.5 Å². The van der Waals surface area contributed by atoms with Gasteiger partial charge in [0.25, 0.3) is 0 Å². The molecule has 1 atom stereocenters. The van der Waals surface area contributed by atoms with Crippen LogP contribution in [0.2, 0.25) is 0 Å². The maximum absolute atomic E-state index is 4.21. The van der Waals surface area contributed by atoms with Crippen LogP contribution in [0, 0.1) is 0 Å². The molecule has 0 spiro atoms. The van der Waals surface area contributed by atoms with Crippen LogP contribution in [0.3, 0.4) is 0 Å². The van der Waals surface area contributed by atoms with Gasteiger partial charge in [-0.2, -0.15) is 0 Å². The molecule has 2 aromatic rings. The van der Waals surface area contributed by atoms with Crippen molar-refractivity contribution in [3.05, 3.63) is 59.9 Å². The van der Waals surface area contributed by atoms with Crippen molar-refractivity contribution in [3.63, 3.8) is 0 Å². The fourth-order valence-electron chi connectivity index (χ4n) is 2.97. The molecule has 2 heterocycles. The zero-order chi connectivity index (χ0) is 13.8. The predicted octanol–water partition coefficient (Wildman–Crippen LogP) is 3.14. The van der Waals surface area contributed by atoms with Crippen molar-refractivity contribution < 1.29 is 0 Å². The first-order valence-corrected chi connectivity index (χ1v) is 7.34. The number of benzene rings is 1. The maximum atomic E-state index is 4.21. The van der Waals surface area contributed by atoms with Crippen molar-refractivity contribution in [2.45, 2.75) is 25.9 Å². The molecule has 1 N–H and O–H groups in total. The number of hydrogen-bond donors (Lipinski definition) is 1. The summed E-state index contributed by atoms with van der Waals surface area (Å²) in [6, 6.07) is 13.4. The third-order valence-electron chi connectivity index (χ3n) is 3.89. The average molecular weight is 267 g/mol. The molecule has 104 valence electrons. The van der Waals surface area contributed by atoms with Gasteiger partial charge in [-0.3, -0.25) is 4.98 Å². The van der Waals surface area contributed by atoms with Crippen molar-refractivity contribution in [2.24, 2.45) is 0 Å². The number of pyridine rings is 1. The maximum Gasteiger partial charge on any atom is 0.0444 e. The molecule has 0 aliphatic carbocycles. The van der Waals surface area contributed by atoms with E-state index in [2.05, 4.69) is 52.5 Å². The molecule has 3 heteroatoms. The first-order valence-electron chi connectivity index (χ1n) is 7.34. The second-order valence-electron chi connectivity index (χ2n) is 5.24. The molecule has 0 saturated heterocycles. The summed E-state index contributed by atoms with van der Waals surface area (Å²) in [7, 11) is 0. The molecular weight excluding hydrogens is 246 g/mol. The highest BCUT2D eigenvalue weighted by Gasteiger charge is 2.23. The van der Waals surface area contributed by atoms with Crippen LogP contribution in [0.5, 0.6) is 0 Å². The van der Waals surface area contributed by atoms with Gasteiger partial charge in [0, 0.05) is 37.2 Å². The molecule has 1 aliphatic rings. The van der Waals surface area contributed by atoms with Crippen molar-refractivity contribution in [3.8, 4) is 0 Å². The minimum absolute atomic E-state index is 0.487. The van der Waals surface area contributed by atoms with Gasteiger partial charge >= 0.3 is 0 Å². The lowest BCUT2D eigenvalue weighted by Crippen LogP contribution is -2.35. The molecule has 1 unspecified atom stereocenters. The topological polar surface area (TPSA) is 28.2 Å². The number of rotatable bonds is 4. The predicted molar refractivity (Wildman–Crippen MR) is 82.8 cm³/mol. The van der Waals surface area contributed by atoms with Crippen LogP contribution < -0.4 is 10.2 Å². The lowest BCUT2D eigenvalue weighted by atomic mass is 9.96. The summed E-state index contributed by atoms with van der Waals surface area (Å²) < 4.78 is 0. The molecule has 0 fully saturated rings. The Bertz CT molecular complexity index is 553. The lowest BCUT2D eigenvalue weighted by molar-refractivity contribution is 0.489. The fraction of sp³-hybridized carbons (Fsp3) is 0.353. The summed E-state index contributed by atoms with van der Waals surface area (Å²) in [5, 5.41) is 3.59. The van der Waals surface area contributed by atoms with Gasteiger partial charge in [-0.15, -0.1) is 0 Å². The summed E-state index contributed by atoms with van der Waals surface area (Å²) in [5.41, 5.74) is 4.04. The van der Waals surface area contributed by atoms with Crippen LogP contribution in [0.4, 0.5) is 5.69 Å². The average Bonchev–Trinajstić information content (AvgIpc) is 2.51. The van der Waals surface area contributed by atoms with Crippen molar-refractivity contribution in [1.29, 1.82) is 0 Å². The minimum atomic E-state index is 0.487. The summed E-state index contributed by atoms with van der Waals surface area (Å²) in [6.45, 7) is 5.21. The summed E-state index contributed by atoms with van der Waals surface area (Å²) >= 11 is 0. The Morgan fingerprint density at radius 3 is 2.95 bits per heavy atom. The third kappa shape index (κ3) is 2.68. The Labute approximate surface area is 120 Å². The monoisotopic (exact) mass is 267 g/mol. The van der Waals surface area contributed by atoms with Crippen LogP contribution in [-0.2, 0) is 6.54 Å². The minimum Gasteiger partial charge on any atom is -0.367 e. The lowest BCUT2D eigenvalue weighted by Gasteiger charge is -2.36. The Morgan fingerprint density at radius 2 is 2.15 bits per heavy atom. The van der Waals surface area contributed by atoms with Gasteiger partial charge in [0.1, 0.15) is 0 Å². The number of aromatic nitrogens is 1. The number of nitrogens with zero attached hydrogens (tertiary/aromatic N) is 2. The largest absolute Gasteiger partial charge is 0.367 e. The van der Waals surface area contributed by atoms with Crippen molar-refractivity contribution in [2.75, 3.05) is 18.0 Å². The number of hydrogen-bond acceptors (Lipinski definition) is 3. The van der Waals surface area contributed by atoms with Gasteiger partial charge < -0.3 is 10.2 Å². The number of fused-ring (bicyclic) bond motifs is 1. The van der Waals surface area contributed by atoms with Gasteiger partial charge in [0.2, 0.25) is 0 Å². The van der Waals surface area contributed by atoms with Gasteiger partial charge in [0.05, 0.1) is 0 Å². The zero-order valence-electron chi connectivity index (χ0n) is 11.9. The highest BCUT2D eigenvalue weighted by atomic mass is 15.1. The number of nitrogens with one attached hydrogen (secondary N) is 1. The molecule has 0 saturated carbocycles. The van der Waals surface area contributed by atoms with Gasteiger partial charge in [0.15, 0.2) is 0 Å². The SMILES string of the molecule is CCNC1CCN(Cc2cccnc2)c2ccccc21. The molecule has 1 aromatic heterocycles. The third-order valence-corrected chi connectivity index (χ3v) is 3.89. The standard InChI is InChI=1S/C17H21N3/c1-2-19-16-9-11-20(13-14-6-5-10-18-12-14)17-8-4-3-7-15(16)17/h3-8,10,12,16,19H,2,9,11,13H2,1H3. The van der Waals surface area contributed by atoms with E-state index in [9.17, 15) is 0 Å². The highest BCUT2D eigenvalue weighted by Crippen LogP contribution is 2.34. The molecule has 1 aliphatic heterocycles. The second-order valence-corrected chi connectivity index (χ2v) is 5.24. The van der Waals surface area contributed by atoms with E-state index >= 15 is 0 Å². The molecule has 1 aromatic carbocycles. The van der Waals surface area contributed by atoms with E-state index in [1.165, 1.54) is 16.8 Å². The first-order chi connectivity index (χ1) is 9.88. The Balaban J connectivity index is 1.85. The smallest absolute Gasteiger partial charge is 0.0444 e. The molecule has 0 bridgehead atoms. The Hall–Kier alpha value is -1.87. The highest BCUT2D eigenvalue weighted by molar-refractivity contribution is 5.57. The molecular formula is C17H21N3. The summed E-state index contributed by atoms with van der Waals surface area (Å²) in [5.74, 6) is 0. The molecule has 3 rings (SSSR count). The van der Waals surface area contributed by atoms with E-state index in [0.717, 1.165) is 26.1 Å². The summed E-state index contributed by atoms with van der Waals surface area (Å²) in [6.07, 6.45) is 4.94. The van der Waals surface area contributed by atoms with E-state index < -0.39 is 0 Å². The zero-order valence-corrected chi connectivity index (χ0v) is 11.9. The normalized spacial score (nSPS) is 17.9. The van der Waals surface area contributed by atoms with E-state index in [-0.39, 0.29) is 0 Å². The quantitative estimate of drug-likeness (QED) is 0.922. The van der Waals surface area contributed by atoms with Crippen molar-refractivity contribution >= 4 is 5.69 Å². The molecule has 20 heavy (non-hydrogen) atoms. The van der Waals surface area contributed by atoms with Crippen LogP contribution in [0.15, 0.2) is 48.8 Å². The van der Waals surface area contributed by atoms with E-state index in [4.69, 9.17) is 0 Å². The van der Waals surface area contributed by atoms with Crippen LogP contribution in [0.25, 0.3) is 0 Å². The Kier molecular flexibility index (Phi) is 3.97. The number of anilines is 1. The molecule has 0 radical (unpaired) electrons. The van der Waals surface area contributed by atoms with E-state index in [0.29, 0.717) is 6.04 Å². The van der Waals surface area contributed by atoms with Gasteiger partial charge in [-0.1, -0.05) is 31.2 Å². The first kappa shape index (κ1) is 13.1. The van der Waals surface area contributed by atoms with Crippen LogP contribution in [-0.4, -0.2) is 18.1 Å². The second kappa shape index (κ2) is 6.06. The van der Waals surface area contributed by atoms with Crippen LogP contribution in [0.1, 0.15) is 30.5 Å². The van der Waals surface area contributed by atoms with Crippen molar-refractivity contribution in [1.82, 2.24) is 10.3 Å². The molecule has 3 nitrogen and oxygen atoms in total. The van der Waals surface area contributed by atoms with Gasteiger partial charge in [-0.25, -0.2) is 0 Å². The van der Waals surface area contributed by atoms with E-state index in [1.54, 1.807) is 0 Å². The summed E-state index contributed by atoms with van der Waals surface area (Å²) in [4.78, 5) is 6.67. The fourth-order valence-corrected chi connectivity index (χ4v) is 2.97. The molecule has 0 amide bonds.